The molecule has 1 heterocycles. The van der Waals surface area contributed by atoms with Crippen molar-refractivity contribution in [3.05, 3.63) is 35.4 Å². The van der Waals surface area contributed by atoms with E-state index in [9.17, 15) is 5.11 Å². The molecule has 1 saturated carbocycles. The summed E-state index contributed by atoms with van der Waals surface area (Å²) in [7, 11) is 4.10. The smallest absolute Gasteiger partial charge is 0.169 e. The van der Waals surface area contributed by atoms with Crippen molar-refractivity contribution in [2.24, 2.45) is 5.92 Å². The van der Waals surface area contributed by atoms with Crippen LogP contribution in [0, 0.1) is 12.8 Å². The molecule has 1 N–H and O–H groups in total. The van der Waals surface area contributed by atoms with Crippen LogP contribution in [0.15, 0.2) is 24.3 Å². The van der Waals surface area contributed by atoms with Gasteiger partial charge in [-0.15, -0.1) is 0 Å². The molecule has 1 aliphatic heterocycles. The summed E-state index contributed by atoms with van der Waals surface area (Å²) in [6.45, 7) is 4.22. The molecule has 22 heavy (non-hydrogen) atoms. The minimum absolute atomic E-state index is 0.0930. The third-order valence-corrected chi connectivity index (χ3v) is 5.13. The number of ether oxygens (including phenoxy) is 2. The van der Waals surface area contributed by atoms with Gasteiger partial charge in [-0.3, -0.25) is 0 Å². The van der Waals surface area contributed by atoms with Crippen molar-refractivity contribution in [2.45, 2.75) is 37.6 Å². The monoisotopic (exact) mass is 305 g/mol. The van der Waals surface area contributed by atoms with E-state index in [0.29, 0.717) is 19.6 Å². The zero-order chi connectivity index (χ0) is 15.8. The number of hydrogen-bond donors (Lipinski definition) is 1. The van der Waals surface area contributed by atoms with Crippen molar-refractivity contribution in [3.63, 3.8) is 0 Å². The van der Waals surface area contributed by atoms with Gasteiger partial charge < -0.3 is 19.5 Å². The first-order valence-electron chi connectivity index (χ1n) is 8.16. The second-order valence-electron chi connectivity index (χ2n) is 7.01. The van der Waals surface area contributed by atoms with Crippen LogP contribution >= 0.6 is 0 Å². The molecule has 4 heteroatoms. The van der Waals surface area contributed by atoms with Crippen molar-refractivity contribution in [2.75, 3.05) is 33.9 Å². The summed E-state index contributed by atoms with van der Waals surface area (Å²) < 4.78 is 11.8. The molecule has 122 valence electrons. The number of aryl methyl sites for hydroxylation is 1. The van der Waals surface area contributed by atoms with Gasteiger partial charge >= 0.3 is 0 Å². The first-order valence-corrected chi connectivity index (χ1v) is 8.16. The molecule has 0 amide bonds. The Morgan fingerprint density at radius 2 is 1.86 bits per heavy atom. The van der Waals surface area contributed by atoms with Crippen LogP contribution < -0.4 is 0 Å². The fraction of sp³-hybridized carbons (Fsp3) is 0.667. The maximum atomic E-state index is 11.5. The van der Waals surface area contributed by atoms with Crippen LogP contribution in [0.1, 0.15) is 30.4 Å². The minimum Gasteiger partial charge on any atom is -0.385 e. The maximum Gasteiger partial charge on any atom is 0.169 e. The molecule has 2 atom stereocenters. The molecule has 2 fully saturated rings. The predicted molar refractivity (Wildman–Crippen MR) is 85.6 cm³/mol. The Morgan fingerprint density at radius 3 is 2.50 bits per heavy atom. The van der Waals surface area contributed by atoms with Crippen molar-refractivity contribution < 1.29 is 14.6 Å². The standard InChI is InChI=1S/C18H27NO3/c1-14-6-4-5-7-16(14)18(20)9-8-17(21-10-11-22-17)12-15(18)13-19(2)3/h4-7,15,20H,8-13H2,1-3H3. The predicted octanol–water partition coefficient (Wildman–Crippen LogP) is 2.29. The van der Waals surface area contributed by atoms with Gasteiger partial charge in [0, 0.05) is 25.3 Å². The lowest BCUT2D eigenvalue weighted by Gasteiger charge is -2.48. The summed E-state index contributed by atoms with van der Waals surface area (Å²) in [5, 5.41) is 11.5. The first kappa shape index (κ1) is 15.9. The number of nitrogens with zero attached hydrogens (tertiary/aromatic N) is 1. The summed E-state index contributed by atoms with van der Waals surface area (Å²) in [5.74, 6) is -0.384. The minimum atomic E-state index is -0.809. The molecular formula is C18H27NO3. The van der Waals surface area contributed by atoms with E-state index in [1.165, 1.54) is 0 Å². The largest absolute Gasteiger partial charge is 0.385 e. The van der Waals surface area contributed by atoms with Gasteiger partial charge in [0.15, 0.2) is 5.79 Å². The maximum absolute atomic E-state index is 11.5. The lowest BCUT2D eigenvalue weighted by molar-refractivity contribution is -0.226. The van der Waals surface area contributed by atoms with Crippen LogP contribution in [0.25, 0.3) is 0 Å². The fourth-order valence-corrected chi connectivity index (χ4v) is 4.06. The summed E-state index contributed by atoms with van der Waals surface area (Å²) >= 11 is 0. The van der Waals surface area contributed by atoms with E-state index in [1.54, 1.807) is 0 Å². The van der Waals surface area contributed by atoms with E-state index in [2.05, 4.69) is 38.1 Å². The molecular weight excluding hydrogens is 278 g/mol. The van der Waals surface area contributed by atoms with Gasteiger partial charge in [0.1, 0.15) is 0 Å². The van der Waals surface area contributed by atoms with Gasteiger partial charge in [-0.1, -0.05) is 24.3 Å². The Morgan fingerprint density at radius 1 is 1.18 bits per heavy atom. The van der Waals surface area contributed by atoms with Gasteiger partial charge in [0.2, 0.25) is 0 Å². The molecule has 0 radical (unpaired) electrons. The average Bonchev–Trinajstić information content (AvgIpc) is 2.92. The highest BCUT2D eigenvalue weighted by molar-refractivity contribution is 5.33. The molecule has 1 aromatic rings. The molecule has 1 aromatic carbocycles. The number of benzene rings is 1. The van der Waals surface area contributed by atoms with Gasteiger partial charge in [-0.25, -0.2) is 0 Å². The zero-order valence-corrected chi connectivity index (χ0v) is 13.8. The number of aliphatic hydroxyl groups is 1. The average molecular weight is 305 g/mol. The Bertz CT molecular complexity index is 525. The van der Waals surface area contributed by atoms with E-state index < -0.39 is 11.4 Å². The lowest BCUT2D eigenvalue weighted by atomic mass is 9.68. The highest BCUT2D eigenvalue weighted by Gasteiger charge is 2.52. The third kappa shape index (κ3) is 2.81. The van der Waals surface area contributed by atoms with Gasteiger partial charge in [-0.2, -0.15) is 0 Å². The van der Waals surface area contributed by atoms with Crippen LogP contribution in [0.3, 0.4) is 0 Å². The van der Waals surface area contributed by atoms with E-state index >= 15 is 0 Å². The van der Waals surface area contributed by atoms with Gasteiger partial charge in [0.25, 0.3) is 0 Å². The Hall–Kier alpha value is -0.940. The van der Waals surface area contributed by atoms with E-state index in [0.717, 1.165) is 30.5 Å². The van der Waals surface area contributed by atoms with Crippen molar-refractivity contribution >= 4 is 0 Å². The number of rotatable bonds is 3. The third-order valence-electron chi connectivity index (χ3n) is 5.13. The van der Waals surface area contributed by atoms with Crippen molar-refractivity contribution in [3.8, 4) is 0 Å². The molecule has 4 nitrogen and oxygen atoms in total. The zero-order valence-electron chi connectivity index (χ0n) is 13.8. The van der Waals surface area contributed by atoms with Crippen LogP contribution in [-0.2, 0) is 15.1 Å². The van der Waals surface area contributed by atoms with Gasteiger partial charge in [0.05, 0.1) is 18.8 Å². The van der Waals surface area contributed by atoms with E-state index in [1.807, 2.05) is 12.1 Å². The summed E-state index contributed by atoms with van der Waals surface area (Å²) in [6.07, 6.45) is 2.17. The van der Waals surface area contributed by atoms with Crippen molar-refractivity contribution in [1.82, 2.24) is 4.90 Å². The molecule has 0 aromatic heterocycles. The second-order valence-corrected chi connectivity index (χ2v) is 7.01. The Balaban J connectivity index is 1.93. The summed E-state index contributed by atoms with van der Waals surface area (Å²) in [4.78, 5) is 2.14. The lowest BCUT2D eigenvalue weighted by Crippen LogP contribution is -2.51. The molecule has 2 aliphatic rings. The van der Waals surface area contributed by atoms with Crippen LogP contribution in [0.5, 0.6) is 0 Å². The van der Waals surface area contributed by atoms with Crippen LogP contribution in [-0.4, -0.2) is 49.6 Å². The molecule has 1 spiro atoms. The molecule has 2 unspecified atom stereocenters. The first-order chi connectivity index (χ1) is 10.5. The molecule has 3 rings (SSSR count). The van der Waals surface area contributed by atoms with E-state index in [-0.39, 0.29) is 5.92 Å². The highest BCUT2D eigenvalue weighted by Crippen LogP contribution is 2.49. The van der Waals surface area contributed by atoms with Crippen LogP contribution in [0.2, 0.25) is 0 Å². The van der Waals surface area contributed by atoms with Crippen LogP contribution in [0.4, 0.5) is 0 Å². The number of hydrogen-bond acceptors (Lipinski definition) is 4. The molecule has 0 bridgehead atoms. The topological polar surface area (TPSA) is 41.9 Å². The molecule has 1 saturated heterocycles. The summed E-state index contributed by atoms with van der Waals surface area (Å²) in [6, 6.07) is 8.18. The Kier molecular flexibility index (Phi) is 4.29. The second kappa shape index (κ2) is 5.93. The molecule has 1 aliphatic carbocycles. The fourth-order valence-electron chi connectivity index (χ4n) is 4.06. The summed E-state index contributed by atoms with van der Waals surface area (Å²) in [5.41, 5.74) is 1.39. The van der Waals surface area contributed by atoms with Gasteiger partial charge in [-0.05, 0) is 38.6 Å². The van der Waals surface area contributed by atoms with Crippen molar-refractivity contribution in [1.29, 1.82) is 0 Å². The SMILES string of the molecule is Cc1ccccc1C1(O)CCC2(CC1CN(C)C)OCCO2. The normalized spacial score (nSPS) is 31.0. The Labute approximate surface area is 133 Å². The van der Waals surface area contributed by atoms with E-state index in [4.69, 9.17) is 9.47 Å². The quantitative estimate of drug-likeness (QED) is 0.930. The highest BCUT2D eigenvalue weighted by atomic mass is 16.7.